The number of halogens is 1. The predicted octanol–water partition coefficient (Wildman–Crippen LogP) is 3.23. The second kappa shape index (κ2) is 5.61. The van der Waals surface area contributed by atoms with Gasteiger partial charge in [0.25, 0.3) is 5.91 Å². The van der Waals surface area contributed by atoms with E-state index in [2.05, 4.69) is 12.2 Å². The van der Waals surface area contributed by atoms with Crippen molar-refractivity contribution in [2.24, 2.45) is 5.92 Å². The average molecular weight is 267 g/mol. The van der Waals surface area contributed by atoms with E-state index in [-0.39, 0.29) is 11.9 Å². The van der Waals surface area contributed by atoms with E-state index >= 15 is 0 Å². The van der Waals surface area contributed by atoms with Gasteiger partial charge in [-0.3, -0.25) is 4.79 Å². The molecule has 3 N–H and O–H groups in total. The van der Waals surface area contributed by atoms with Gasteiger partial charge in [-0.1, -0.05) is 31.4 Å². The fourth-order valence-corrected chi connectivity index (χ4v) is 2.73. The number of nitrogens with two attached hydrogens (primary N) is 1. The summed E-state index contributed by atoms with van der Waals surface area (Å²) in [6.45, 7) is 2.23. The van der Waals surface area contributed by atoms with Crippen molar-refractivity contribution in [1.29, 1.82) is 0 Å². The molecule has 2 atom stereocenters. The maximum Gasteiger partial charge on any atom is 0.253 e. The first-order valence-corrected chi connectivity index (χ1v) is 6.80. The molecule has 3 nitrogen and oxygen atoms in total. The second-order valence-electron chi connectivity index (χ2n) is 5.17. The molecule has 0 spiro atoms. The van der Waals surface area contributed by atoms with Crippen LogP contribution in [-0.4, -0.2) is 11.9 Å². The molecule has 0 unspecified atom stereocenters. The molecule has 1 fully saturated rings. The molecule has 0 aromatic heterocycles. The van der Waals surface area contributed by atoms with Crippen LogP contribution in [0.15, 0.2) is 18.2 Å². The molecule has 1 aliphatic rings. The maximum atomic E-state index is 12.1. The van der Waals surface area contributed by atoms with Gasteiger partial charge in [0.2, 0.25) is 0 Å². The van der Waals surface area contributed by atoms with Crippen LogP contribution in [-0.2, 0) is 0 Å². The van der Waals surface area contributed by atoms with Gasteiger partial charge in [0.15, 0.2) is 0 Å². The number of nitrogens with one attached hydrogen (secondary N) is 1. The standard InChI is InChI=1S/C14H19ClN2O/c1-9-3-2-4-11(7-9)17-14(18)12-8-10(15)5-6-13(12)16/h5-6,8-9,11H,2-4,7,16H2,1H3,(H,17,18)/t9-,11+/m0/s1. The fourth-order valence-electron chi connectivity index (χ4n) is 2.55. The van der Waals surface area contributed by atoms with Crippen molar-refractivity contribution in [1.82, 2.24) is 5.32 Å². The zero-order valence-corrected chi connectivity index (χ0v) is 11.3. The van der Waals surface area contributed by atoms with Crippen LogP contribution in [0, 0.1) is 5.92 Å². The number of amides is 1. The molecular weight excluding hydrogens is 248 g/mol. The Hall–Kier alpha value is -1.22. The number of carbonyl (C=O) groups excluding carboxylic acids is 1. The normalized spacial score (nSPS) is 23.7. The molecule has 2 rings (SSSR count). The summed E-state index contributed by atoms with van der Waals surface area (Å²) in [6, 6.07) is 5.25. The maximum absolute atomic E-state index is 12.1. The van der Waals surface area contributed by atoms with E-state index in [4.69, 9.17) is 17.3 Å². The summed E-state index contributed by atoms with van der Waals surface area (Å²) in [7, 11) is 0. The largest absolute Gasteiger partial charge is 0.398 e. The predicted molar refractivity (Wildman–Crippen MR) is 74.8 cm³/mol. The first kappa shape index (κ1) is 13.2. The van der Waals surface area contributed by atoms with Gasteiger partial charge >= 0.3 is 0 Å². The average Bonchev–Trinajstić information content (AvgIpc) is 2.32. The molecule has 0 aliphatic heterocycles. The minimum atomic E-state index is -0.117. The molecule has 1 aliphatic carbocycles. The Morgan fingerprint density at radius 3 is 2.94 bits per heavy atom. The van der Waals surface area contributed by atoms with Crippen LogP contribution >= 0.6 is 11.6 Å². The molecule has 1 amide bonds. The minimum absolute atomic E-state index is 0.117. The molecule has 98 valence electrons. The van der Waals surface area contributed by atoms with E-state index in [0.717, 1.165) is 12.8 Å². The van der Waals surface area contributed by atoms with Crippen molar-refractivity contribution < 1.29 is 4.79 Å². The topological polar surface area (TPSA) is 55.1 Å². The van der Waals surface area contributed by atoms with Gasteiger partial charge < -0.3 is 11.1 Å². The SMILES string of the molecule is C[C@H]1CCC[C@@H](NC(=O)c2cc(Cl)ccc2N)C1. The van der Waals surface area contributed by atoms with E-state index in [1.54, 1.807) is 18.2 Å². The molecule has 18 heavy (non-hydrogen) atoms. The lowest BCUT2D eigenvalue weighted by Gasteiger charge is -2.27. The number of anilines is 1. The van der Waals surface area contributed by atoms with Crippen molar-refractivity contribution in [2.45, 2.75) is 38.6 Å². The van der Waals surface area contributed by atoms with E-state index in [0.29, 0.717) is 22.2 Å². The van der Waals surface area contributed by atoms with E-state index < -0.39 is 0 Å². The van der Waals surface area contributed by atoms with Crippen molar-refractivity contribution in [2.75, 3.05) is 5.73 Å². The Morgan fingerprint density at radius 1 is 1.44 bits per heavy atom. The first-order valence-electron chi connectivity index (χ1n) is 6.42. The van der Waals surface area contributed by atoms with Gasteiger partial charge in [-0.25, -0.2) is 0 Å². The van der Waals surface area contributed by atoms with Crippen LogP contribution in [0.25, 0.3) is 0 Å². The number of hydrogen-bond donors (Lipinski definition) is 2. The number of hydrogen-bond acceptors (Lipinski definition) is 2. The summed E-state index contributed by atoms with van der Waals surface area (Å²) in [5.74, 6) is 0.565. The monoisotopic (exact) mass is 266 g/mol. The summed E-state index contributed by atoms with van der Waals surface area (Å²) in [5.41, 5.74) is 6.75. The first-order chi connectivity index (χ1) is 8.56. The third-order valence-electron chi connectivity index (χ3n) is 3.53. The van der Waals surface area contributed by atoms with Crippen LogP contribution < -0.4 is 11.1 Å². The summed E-state index contributed by atoms with van der Waals surface area (Å²) in [4.78, 5) is 12.1. The summed E-state index contributed by atoms with van der Waals surface area (Å²) < 4.78 is 0. The van der Waals surface area contributed by atoms with Crippen LogP contribution in [0.1, 0.15) is 43.0 Å². The second-order valence-corrected chi connectivity index (χ2v) is 5.61. The lowest BCUT2D eigenvalue weighted by molar-refractivity contribution is 0.0922. The van der Waals surface area contributed by atoms with Crippen molar-refractivity contribution in [3.05, 3.63) is 28.8 Å². The Kier molecular flexibility index (Phi) is 4.12. The highest BCUT2D eigenvalue weighted by Gasteiger charge is 2.21. The number of nitrogen functional groups attached to an aromatic ring is 1. The Bertz CT molecular complexity index is 447. The number of carbonyl (C=O) groups is 1. The van der Waals surface area contributed by atoms with Crippen LogP contribution in [0.3, 0.4) is 0 Å². The molecule has 0 radical (unpaired) electrons. The van der Waals surface area contributed by atoms with Gasteiger partial charge in [0.05, 0.1) is 5.56 Å². The molecule has 0 heterocycles. The quantitative estimate of drug-likeness (QED) is 0.808. The van der Waals surface area contributed by atoms with E-state index in [1.807, 2.05) is 0 Å². The van der Waals surface area contributed by atoms with Crippen molar-refractivity contribution in [3.63, 3.8) is 0 Å². The zero-order chi connectivity index (χ0) is 13.1. The lowest BCUT2D eigenvalue weighted by atomic mass is 9.87. The summed E-state index contributed by atoms with van der Waals surface area (Å²) >= 11 is 5.89. The zero-order valence-electron chi connectivity index (χ0n) is 10.6. The smallest absolute Gasteiger partial charge is 0.253 e. The highest BCUT2D eigenvalue weighted by atomic mass is 35.5. The van der Waals surface area contributed by atoms with E-state index in [1.165, 1.54) is 12.8 Å². The lowest BCUT2D eigenvalue weighted by Crippen LogP contribution is -2.38. The Morgan fingerprint density at radius 2 is 2.22 bits per heavy atom. The highest BCUT2D eigenvalue weighted by molar-refractivity contribution is 6.31. The molecule has 1 aromatic rings. The van der Waals surface area contributed by atoms with E-state index in [9.17, 15) is 4.79 Å². The Labute approximate surface area is 113 Å². The third kappa shape index (κ3) is 3.16. The molecule has 0 saturated heterocycles. The van der Waals surface area contributed by atoms with Crippen LogP contribution in [0.2, 0.25) is 5.02 Å². The molecular formula is C14H19ClN2O. The minimum Gasteiger partial charge on any atom is -0.398 e. The molecule has 4 heteroatoms. The van der Waals surface area contributed by atoms with Crippen LogP contribution in [0.5, 0.6) is 0 Å². The highest BCUT2D eigenvalue weighted by Crippen LogP contribution is 2.24. The van der Waals surface area contributed by atoms with Crippen LogP contribution in [0.4, 0.5) is 5.69 Å². The molecule has 1 saturated carbocycles. The number of rotatable bonds is 2. The summed E-state index contributed by atoms with van der Waals surface area (Å²) in [6.07, 6.45) is 4.53. The summed E-state index contributed by atoms with van der Waals surface area (Å²) in [5, 5.41) is 3.59. The Balaban J connectivity index is 2.05. The van der Waals surface area contributed by atoms with Crippen molar-refractivity contribution >= 4 is 23.2 Å². The molecule has 0 bridgehead atoms. The van der Waals surface area contributed by atoms with Gasteiger partial charge in [-0.05, 0) is 37.0 Å². The third-order valence-corrected chi connectivity index (χ3v) is 3.77. The molecule has 1 aromatic carbocycles. The number of benzene rings is 1. The fraction of sp³-hybridized carbons (Fsp3) is 0.500. The van der Waals surface area contributed by atoms with Gasteiger partial charge in [0.1, 0.15) is 0 Å². The van der Waals surface area contributed by atoms with Gasteiger partial charge in [0, 0.05) is 16.8 Å². The van der Waals surface area contributed by atoms with Crippen molar-refractivity contribution in [3.8, 4) is 0 Å². The van der Waals surface area contributed by atoms with Gasteiger partial charge in [-0.2, -0.15) is 0 Å². The van der Waals surface area contributed by atoms with Gasteiger partial charge in [-0.15, -0.1) is 0 Å².